The van der Waals surface area contributed by atoms with Crippen molar-refractivity contribution < 1.29 is 9.84 Å². The molecule has 11 heavy (non-hydrogen) atoms. The van der Waals surface area contributed by atoms with Crippen LogP contribution in [0.5, 0.6) is 5.88 Å². The molecule has 0 aliphatic heterocycles. The van der Waals surface area contributed by atoms with Crippen LogP contribution in [0.2, 0.25) is 0 Å². The SMILES string of the molecule is OC=CCOc1ccccn1. The molecule has 0 saturated carbocycles. The lowest BCUT2D eigenvalue weighted by atomic mass is 10.5. The lowest BCUT2D eigenvalue weighted by Gasteiger charge is -1.98. The Bertz CT molecular complexity index is 221. The molecule has 0 fully saturated rings. The Morgan fingerprint density at radius 2 is 2.45 bits per heavy atom. The first-order valence-corrected chi connectivity index (χ1v) is 3.26. The summed E-state index contributed by atoms with van der Waals surface area (Å²) in [6.45, 7) is 0.341. The second-order valence-electron chi connectivity index (χ2n) is 1.86. The summed E-state index contributed by atoms with van der Waals surface area (Å²) >= 11 is 0. The van der Waals surface area contributed by atoms with Crippen LogP contribution in [-0.4, -0.2) is 16.7 Å². The van der Waals surface area contributed by atoms with Gasteiger partial charge in [-0.25, -0.2) is 4.98 Å². The average molecular weight is 151 g/mol. The summed E-state index contributed by atoms with van der Waals surface area (Å²) in [6, 6.07) is 5.41. The van der Waals surface area contributed by atoms with Crippen molar-refractivity contribution >= 4 is 0 Å². The summed E-state index contributed by atoms with van der Waals surface area (Å²) in [5.74, 6) is 0.561. The minimum Gasteiger partial charge on any atom is -0.516 e. The van der Waals surface area contributed by atoms with Crippen LogP contribution < -0.4 is 4.74 Å². The highest BCUT2D eigenvalue weighted by Gasteiger charge is 1.87. The molecule has 1 aromatic heterocycles. The maximum absolute atomic E-state index is 8.26. The zero-order chi connectivity index (χ0) is 7.94. The molecule has 0 unspecified atom stereocenters. The van der Waals surface area contributed by atoms with Gasteiger partial charge in [-0.15, -0.1) is 0 Å². The summed E-state index contributed by atoms with van der Waals surface area (Å²) in [6.07, 6.45) is 4.09. The van der Waals surface area contributed by atoms with Gasteiger partial charge in [0, 0.05) is 12.3 Å². The van der Waals surface area contributed by atoms with Gasteiger partial charge in [0.15, 0.2) is 0 Å². The first-order chi connectivity index (χ1) is 5.43. The molecule has 0 spiro atoms. The quantitative estimate of drug-likeness (QED) is 0.666. The smallest absolute Gasteiger partial charge is 0.213 e. The van der Waals surface area contributed by atoms with E-state index in [9.17, 15) is 0 Å². The molecule has 0 amide bonds. The van der Waals surface area contributed by atoms with E-state index in [1.54, 1.807) is 12.3 Å². The third-order valence-electron chi connectivity index (χ3n) is 1.07. The predicted molar refractivity (Wildman–Crippen MR) is 41.5 cm³/mol. The number of aromatic nitrogens is 1. The lowest BCUT2D eigenvalue weighted by Crippen LogP contribution is -1.94. The lowest BCUT2D eigenvalue weighted by molar-refractivity contribution is 0.343. The molecule has 0 aliphatic carbocycles. The van der Waals surface area contributed by atoms with Crippen LogP contribution in [0.25, 0.3) is 0 Å². The second-order valence-corrected chi connectivity index (χ2v) is 1.86. The van der Waals surface area contributed by atoms with E-state index in [4.69, 9.17) is 9.84 Å². The molecule has 0 radical (unpaired) electrons. The fourth-order valence-corrected chi connectivity index (χ4v) is 0.609. The highest BCUT2D eigenvalue weighted by Crippen LogP contribution is 2.02. The van der Waals surface area contributed by atoms with Crippen LogP contribution in [0.4, 0.5) is 0 Å². The molecule has 1 rings (SSSR count). The van der Waals surface area contributed by atoms with Crippen LogP contribution in [0.15, 0.2) is 36.7 Å². The largest absolute Gasteiger partial charge is 0.516 e. The number of aliphatic hydroxyl groups is 1. The van der Waals surface area contributed by atoms with Crippen LogP contribution in [-0.2, 0) is 0 Å². The number of hydrogen-bond donors (Lipinski definition) is 1. The third-order valence-corrected chi connectivity index (χ3v) is 1.07. The average Bonchev–Trinajstić information content (AvgIpc) is 2.07. The summed E-state index contributed by atoms with van der Waals surface area (Å²) in [5, 5.41) is 8.26. The molecule has 0 aliphatic rings. The van der Waals surface area contributed by atoms with Gasteiger partial charge in [-0.3, -0.25) is 0 Å². The first kappa shape index (κ1) is 7.60. The van der Waals surface area contributed by atoms with Crippen molar-refractivity contribution in [1.82, 2.24) is 4.98 Å². The van der Waals surface area contributed by atoms with Gasteiger partial charge in [-0.1, -0.05) is 6.07 Å². The molecule has 0 saturated heterocycles. The van der Waals surface area contributed by atoms with Crippen molar-refractivity contribution in [1.29, 1.82) is 0 Å². The first-order valence-electron chi connectivity index (χ1n) is 3.26. The van der Waals surface area contributed by atoms with Crippen molar-refractivity contribution in [3.05, 3.63) is 36.7 Å². The van der Waals surface area contributed by atoms with E-state index in [0.29, 0.717) is 12.5 Å². The van der Waals surface area contributed by atoms with Gasteiger partial charge < -0.3 is 9.84 Å². The van der Waals surface area contributed by atoms with E-state index in [2.05, 4.69) is 4.98 Å². The Hall–Kier alpha value is -1.51. The maximum atomic E-state index is 8.26. The molecule has 58 valence electrons. The zero-order valence-corrected chi connectivity index (χ0v) is 5.97. The fraction of sp³-hybridized carbons (Fsp3) is 0.125. The molecule has 1 N–H and O–H groups in total. The van der Waals surface area contributed by atoms with Crippen LogP contribution >= 0.6 is 0 Å². The van der Waals surface area contributed by atoms with Crippen molar-refractivity contribution in [3.8, 4) is 5.88 Å². The summed E-state index contributed by atoms with van der Waals surface area (Å²) in [4.78, 5) is 3.91. The highest BCUT2D eigenvalue weighted by atomic mass is 16.5. The molecular formula is C8H9NO2. The normalized spacial score (nSPS) is 10.2. The Labute approximate surface area is 65.0 Å². The highest BCUT2D eigenvalue weighted by molar-refractivity contribution is 5.09. The van der Waals surface area contributed by atoms with Gasteiger partial charge in [-0.05, 0) is 12.1 Å². The molecule has 0 aromatic carbocycles. The van der Waals surface area contributed by atoms with Crippen molar-refractivity contribution in [3.63, 3.8) is 0 Å². The van der Waals surface area contributed by atoms with E-state index in [-0.39, 0.29) is 0 Å². The Kier molecular flexibility index (Phi) is 2.99. The summed E-state index contributed by atoms with van der Waals surface area (Å²) in [7, 11) is 0. The Morgan fingerprint density at radius 1 is 1.55 bits per heavy atom. The van der Waals surface area contributed by atoms with Crippen molar-refractivity contribution in [2.45, 2.75) is 0 Å². The van der Waals surface area contributed by atoms with Crippen LogP contribution in [0.1, 0.15) is 0 Å². The molecule has 0 atom stereocenters. The number of rotatable bonds is 3. The van der Waals surface area contributed by atoms with E-state index in [0.717, 1.165) is 6.26 Å². The number of nitrogens with zero attached hydrogens (tertiary/aromatic N) is 1. The van der Waals surface area contributed by atoms with Gasteiger partial charge in [-0.2, -0.15) is 0 Å². The Morgan fingerprint density at radius 3 is 3.09 bits per heavy atom. The zero-order valence-electron chi connectivity index (χ0n) is 5.97. The Balaban J connectivity index is 2.39. The standard InChI is InChI=1S/C8H9NO2/c10-6-3-7-11-8-4-1-2-5-9-8/h1-6,10H,7H2. The molecule has 3 nitrogen and oxygen atoms in total. The van der Waals surface area contributed by atoms with E-state index in [1.807, 2.05) is 12.1 Å². The monoisotopic (exact) mass is 151 g/mol. The minimum absolute atomic E-state index is 0.341. The van der Waals surface area contributed by atoms with Crippen LogP contribution in [0, 0.1) is 0 Å². The molecular weight excluding hydrogens is 142 g/mol. The maximum Gasteiger partial charge on any atom is 0.213 e. The summed E-state index contributed by atoms with van der Waals surface area (Å²) < 4.78 is 5.09. The summed E-state index contributed by atoms with van der Waals surface area (Å²) in [5.41, 5.74) is 0. The number of aliphatic hydroxyl groups excluding tert-OH is 1. The topological polar surface area (TPSA) is 42.4 Å². The minimum atomic E-state index is 0.341. The number of ether oxygens (including phenoxy) is 1. The van der Waals surface area contributed by atoms with E-state index in [1.165, 1.54) is 6.08 Å². The molecule has 3 heteroatoms. The van der Waals surface area contributed by atoms with Gasteiger partial charge in [0.05, 0.1) is 6.26 Å². The fourth-order valence-electron chi connectivity index (χ4n) is 0.609. The number of pyridine rings is 1. The van der Waals surface area contributed by atoms with Gasteiger partial charge >= 0.3 is 0 Å². The number of hydrogen-bond acceptors (Lipinski definition) is 3. The van der Waals surface area contributed by atoms with Crippen molar-refractivity contribution in [2.75, 3.05) is 6.61 Å². The third kappa shape index (κ3) is 2.71. The molecule has 1 aromatic rings. The van der Waals surface area contributed by atoms with E-state index < -0.39 is 0 Å². The second kappa shape index (κ2) is 4.33. The molecule has 0 bridgehead atoms. The van der Waals surface area contributed by atoms with E-state index >= 15 is 0 Å². The van der Waals surface area contributed by atoms with Gasteiger partial charge in [0.1, 0.15) is 6.61 Å². The predicted octanol–water partition coefficient (Wildman–Crippen LogP) is 1.53. The van der Waals surface area contributed by atoms with Crippen LogP contribution in [0.3, 0.4) is 0 Å². The van der Waals surface area contributed by atoms with Gasteiger partial charge in [0.2, 0.25) is 5.88 Å². The van der Waals surface area contributed by atoms with Crippen molar-refractivity contribution in [2.24, 2.45) is 0 Å². The van der Waals surface area contributed by atoms with Gasteiger partial charge in [0.25, 0.3) is 0 Å². The molecule has 1 heterocycles.